The third-order valence-electron chi connectivity index (χ3n) is 0.722. The molecule has 0 rings (SSSR count). The van der Waals surface area contributed by atoms with Crippen LogP contribution in [0.15, 0.2) is 12.6 Å². The Morgan fingerprint density at radius 1 is 1.90 bits per heavy atom. The van der Waals surface area contributed by atoms with Crippen molar-refractivity contribution in [1.82, 2.24) is 0 Å². The summed E-state index contributed by atoms with van der Waals surface area (Å²) < 4.78 is 34.9. The van der Waals surface area contributed by atoms with E-state index < -0.39 is 43.6 Å². The molecule has 0 fully saturated rings. The number of hydrogen-bond donors (Lipinski definition) is 1. The fraction of sp³-hybridized carbons (Fsp3) is 0.429. The van der Waals surface area contributed by atoms with Gasteiger partial charge in [-0.2, -0.15) is 0 Å². The van der Waals surface area contributed by atoms with Crippen LogP contribution in [0.4, 0.5) is 0 Å². The lowest BCUT2D eigenvalue weighted by molar-refractivity contribution is -0.140. The van der Waals surface area contributed by atoms with Gasteiger partial charge in [-0.15, -0.1) is 6.53 Å². The molecule has 56 valence electrons. The zero-order chi connectivity index (χ0) is 12.2. The summed E-state index contributed by atoms with van der Waals surface area (Å²) >= 11 is 0. The lowest BCUT2D eigenvalue weighted by Gasteiger charge is -1.91. The van der Waals surface area contributed by atoms with Crippen molar-refractivity contribution in [2.75, 3.05) is 0 Å². The fourth-order valence-corrected chi connectivity index (χ4v) is 0.374. The molecule has 0 saturated carbocycles. The fourth-order valence-electron chi connectivity index (χ4n) is 0.374. The molecule has 3 nitrogen and oxygen atoms in total. The molecule has 0 aliphatic heterocycles. The van der Waals surface area contributed by atoms with Crippen LogP contribution in [0.25, 0.3) is 0 Å². The lowest BCUT2D eigenvalue weighted by atomic mass is 10.2. The Morgan fingerprint density at radius 3 is 3.10 bits per heavy atom. The van der Waals surface area contributed by atoms with Crippen molar-refractivity contribution in [3.8, 4) is 0 Å². The number of Topliss-reactive ketones (excluding diaryl/α,β-unsaturated/α-hetero) is 1. The van der Waals surface area contributed by atoms with Gasteiger partial charge in [-0.1, -0.05) is 6.05 Å². The average molecular weight is 147 g/mol. The van der Waals surface area contributed by atoms with E-state index in [1.54, 1.807) is 0 Å². The van der Waals surface area contributed by atoms with E-state index in [1.807, 2.05) is 0 Å². The van der Waals surface area contributed by atoms with E-state index in [0.29, 0.717) is 0 Å². The normalized spacial score (nSPS) is 17.0. The quantitative estimate of drug-likeness (QED) is 0.466. The molecule has 1 N–H and O–H groups in total. The lowest BCUT2D eigenvalue weighted by Crippen LogP contribution is -2.05. The van der Waals surface area contributed by atoms with Gasteiger partial charge in [0.2, 0.25) is 0 Å². The summed E-state index contributed by atoms with van der Waals surface area (Å²) in [5.74, 6) is -2.25. The standard InChI is InChI=1S/C7H10O3/c1-2-3-4-6(8)5-7(9)10/h2H,1,3-5H2,(H,9,10)/i1D2,2D,3D2. The van der Waals surface area contributed by atoms with Crippen LogP contribution in [0.5, 0.6) is 0 Å². The molecule has 0 saturated heterocycles. The first-order valence-electron chi connectivity index (χ1n) is 5.05. The number of aliphatic carboxylic acids is 1. The van der Waals surface area contributed by atoms with Crippen LogP contribution in [0, 0.1) is 0 Å². The monoisotopic (exact) mass is 147 g/mol. The Labute approximate surface area is 66.4 Å². The molecule has 0 bridgehead atoms. The van der Waals surface area contributed by atoms with Gasteiger partial charge in [-0.25, -0.2) is 0 Å². The Balaban J connectivity index is 4.59. The minimum atomic E-state index is -2.45. The molecule has 0 unspecified atom stereocenters. The van der Waals surface area contributed by atoms with E-state index in [2.05, 4.69) is 0 Å². The second-order valence-electron chi connectivity index (χ2n) is 1.59. The van der Waals surface area contributed by atoms with Gasteiger partial charge >= 0.3 is 5.97 Å². The van der Waals surface area contributed by atoms with Crippen molar-refractivity contribution in [1.29, 1.82) is 0 Å². The van der Waals surface area contributed by atoms with Crippen molar-refractivity contribution in [3.05, 3.63) is 12.6 Å². The molecule has 3 heteroatoms. The predicted molar refractivity (Wildman–Crippen MR) is 36.7 cm³/mol. The minimum absolute atomic E-state index is 0.806. The first-order valence-corrected chi connectivity index (χ1v) is 2.55. The van der Waals surface area contributed by atoms with Gasteiger partial charge in [0, 0.05) is 9.16 Å². The summed E-state index contributed by atoms with van der Waals surface area (Å²) in [6.45, 7) is -1.02. The first-order chi connectivity index (χ1) is 6.66. The highest BCUT2D eigenvalue weighted by atomic mass is 16.4. The van der Waals surface area contributed by atoms with Crippen molar-refractivity contribution in [3.63, 3.8) is 0 Å². The second kappa shape index (κ2) is 4.73. The Morgan fingerprint density at radius 2 is 2.60 bits per heavy atom. The van der Waals surface area contributed by atoms with Crippen LogP contribution in [0.3, 0.4) is 0 Å². The number of carboxylic acid groups (broad SMARTS) is 1. The zero-order valence-corrected chi connectivity index (χ0v) is 5.18. The first kappa shape index (κ1) is 3.32. The van der Waals surface area contributed by atoms with E-state index in [1.165, 1.54) is 0 Å². The zero-order valence-electron chi connectivity index (χ0n) is 10.2. The van der Waals surface area contributed by atoms with Crippen LogP contribution >= 0.6 is 0 Å². The molecule has 0 aromatic rings. The number of carbonyl (C=O) groups is 2. The van der Waals surface area contributed by atoms with Gasteiger partial charge in [0.05, 0.1) is 4.11 Å². The number of carbonyl (C=O) groups excluding carboxylic acids is 1. The Kier molecular flexibility index (Phi) is 1.57. The number of allylic oxidation sites excluding steroid dienone is 1. The van der Waals surface area contributed by atoms with E-state index in [0.717, 1.165) is 0 Å². The summed E-state index contributed by atoms with van der Waals surface area (Å²) in [5.41, 5.74) is 0. The summed E-state index contributed by atoms with van der Waals surface area (Å²) in [6.07, 6.45) is -4.08. The summed E-state index contributed by atoms with van der Waals surface area (Å²) in [6, 6.07) is -0.929. The third kappa shape index (κ3) is 5.03. The molecule has 0 aromatic heterocycles. The molecule has 0 aromatic carbocycles. The van der Waals surface area contributed by atoms with Crippen molar-refractivity contribution < 1.29 is 21.5 Å². The topological polar surface area (TPSA) is 54.4 Å². The molecule has 0 aliphatic carbocycles. The van der Waals surface area contributed by atoms with Crippen LogP contribution in [-0.4, -0.2) is 16.9 Å². The highest BCUT2D eigenvalue weighted by Gasteiger charge is 2.05. The maximum absolute atomic E-state index is 10.9. The Bertz CT molecular complexity index is 306. The molecule has 0 atom stereocenters. The minimum Gasteiger partial charge on any atom is -0.481 e. The number of hydrogen-bond acceptors (Lipinski definition) is 2. The van der Waals surface area contributed by atoms with E-state index in [9.17, 15) is 9.59 Å². The van der Waals surface area contributed by atoms with Crippen molar-refractivity contribution >= 4 is 11.8 Å². The van der Waals surface area contributed by atoms with Gasteiger partial charge in [0.15, 0.2) is 0 Å². The highest BCUT2D eigenvalue weighted by Crippen LogP contribution is 1.94. The molecular formula is C7H10O3. The molecule has 0 amide bonds. The van der Waals surface area contributed by atoms with Gasteiger partial charge in [0.25, 0.3) is 0 Å². The maximum atomic E-state index is 10.9. The van der Waals surface area contributed by atoms with Crippen LogP contribution in [0.2, 0.25) is 0 Å². The third-order valence-corrected chi connectivity index (χ3v) is 0.722. The van der Waals surface area contributed by atoms with Crippen LogP contribution in [-0.2, 0) is 9.59 Å². The van der Waals surface area contributed by atoms with Gasteiger partial charge in [-0.05, 0) is 6.37 Å². The van der Waals surface area contributed by atoms with Crippen molar-refractivity contribution in [2.45, 2.75) is 19.2 Å². The molecule has 0 spiro atoms. The van der Waals surface area contributed by atoms with E-state index in [4.69, 9.17) is 12.0 Å². The maximum Gasteiger partial charge on any atom is 0.310 e. The van der Waals surface area contributed by atoms with E-state index in [-0.39, 0.29) is 0 Å². The van der Waals surface area contributed by atoms with Gasteiger partial charge in [-0.3, -0.25) is 9.59 Å². The van der Waals surface area contributed by atoms with E-state index >= 15 is 0 Å². The second-order valence-corrected chi connectivity index (χ2v) is 1.59. The van der Waals surface area contributed by atoms with Crippen LogP contribution < -0.4 is 0 Å². The number of carboxylic acids is 1. The number of ketones is 1. The molecule has 0 heterocycles. The number of rotatable bonds is 5. The average Bonchev–Trinajstić information content (AvgIpc) is 1.99. The van der Waals surface area contributed by atoms with Gasteiger partial charge < -0.3 is 5.11 Å². The van der Waals surface area contributed by atoms with Crippen molar-refractivity contribution in [2.24, 2.45) is 0 Å². The summed E-state index contributed by atoms with van der Waals surface area (Å²) in [5, 5.41) is 8.25. The SMILES string of the molecule is [2H]C([2H])=C([2H])C([2H])([2H])CC(=O)CC(=O)O. The molecule has 0 aliphatic rings. The Hall–Kier alpha value is -1.12. The smallest absolute Gasteiger partial charge is 0.310 e. The summed E-state index contributed by atoms with van der Waals surface area (Å²) in [7, 11) is 0. The molecule has 0 radical (unpaired) electrons. The predicted octanol–water partition coefficient (Wildman–Crippen LogP) is 0.996. The molecular weight excluding hydrogens is 132 g/mol. The molecule has 10 heavy (non-hydrogen) atoms. The van der Waals surface area contributed by atoms with Gasteiger partial charge in [0.1, 0.15) is 12.2 Å². The van der Waals surface area contributed by atoms with Crippen LogP contribution in [0.1, 0.15) is 26.1 Å². The largest absolute Gasteiger partial charge is 0.481 e. The summed E-state index contributed by atoms with van der Waals surface area (Å²) in [4.78, 5) is 21.1. The highest BCUT2D eigenvalue weighted by molar-refractivity contribution is 5.94.